The van der Waals surface area contributed by atoms with E-state index in [0.29, 0.717) is 31.0 Å². The third-order valence-corrected chi connectivity index (χ3v) is 5.89. The van der Waals surface area contributed by atoms with Crippen molar-refractivity contribution < 1.29 is 14.1 Å². The van der Waals surface area contributed by atoms with Crippen molar-refractivity contribution in [3.05, 3.63) is 60.2 Å². The number of fused-ring (bicyclic) bond motifs is 1. The van der Waals surface area contributed by atoms with Crippen molar-refractivity contribution in [1.82, 2.24) is 25.0 Å². The first-order valence-electron chi connectivity index (χ1n) is 10.9. The maximum absolute atomic E-state index is 12.9. The number of methoxy groups -OCH3 is 1. The van der Waals surface area contributed by atoms with E-state index in [1.807, 2.05) is 53.4 Å². The lowest BCUT2D eigenvalue weighted by Crippen LogP contribution is -2.31. The third-order valence-electron chi connectivity index (χ3n) is 5.89. The number of carbonyl (C=O) groups excluding carboxylic acids is 1. The van der Waals surface area contributed by atoms with E-state index in [9.17, 15) is 4.79 Å². The average molecular weight is 431 g/mol. The van der Waals surface area contributed by atoms with Crippen molar-refractivity contribution in [3.63, 3.8) is 0 Å². The van der Waals surface area contributed by atoms with E-state index < -0.39 is 0 Å². The molecule has 164 valence electrons. The molecule has 32 heavy (non-hydrogen) atoms. The number of ether oxygens (including phenoxy) is 1. The van der Waals surface area contributed by atoms with Gasteiger partial charge in [0, 0.05) is 24.9 Å². The Morgan fingerprint density at radius 2 is 2.03 bits per heavy atom. The lowest BCUT2D eigenvalue weighted by molar-refractivity contribution is -0.132. The second-order valence-corrected chi connectivity index (χ2v) is 7.98. The highest BCUT2D eigenvalue weighted by atomic mass is 16.5. The summed E-state index contributed by atoms with van der Waals surface area (Å²) in [4.78, 5) is 27.4. The van der Waals surface area contributed by atoms with Crippen LogP contribution in [0.25, 0.3) is 22.4 Å². The number of likely N-dealkylation sites (tertiary alicyclic amines) is 1. The summed E-state index contributed by atoms with van der Waals surface area (Å²) in [6.07, 6.45) is 3.59. The van der Waals surface area contributed by atoms with Gasteiger partial charge in [-0.2, -0.15) is 4.98 Å². The van der Waals surface area contributed by atoms with Gasteiger partial charge < -0.3 is 19.1 Å². The number of H-pyrrole nitrogens is 1. The number of aryl methyl sites for hydroxylation is 1. The second-order valence-electron chi connectivity index (χ2n) is 7.98. The van der Waals surface area contributed by atoms with Crippen LogP contribution in [0.2, 0.25) is 0 Å². The fraction of sp³-hybridized carbons (Fsp3) is 0.333. The van der Waals surface area contributed by atoms with Gasteiger partial charge in [-0.1, -0.05) is 17.3 Å². The molecule has 8 nitrogen and oxygen atoms in total. The summed E-state index contributed by atoms with van der Waals surface area (Å²) in [6.45, 7) is 0.767. The number of imidazole rings is 1. The summed E-state index contributed by atoms with van der Waals surface area (Å²) in [5.74, 6) is 2.87. The predicted molar refractivity (Wildman–Crippen MR) is 119 cm³/mol. The zero-order chi connectivity index (χ0) is 21.9. The largest absolute Gasteiger partial charge is 0.497 e. The molecular weight excluding hydrogens is 406 g/mol. The highest BCUT2D eigenvalue weighted by Crippen LogP contribution is 2.32. The minimum absolute atomic E-state index is 0.0139. The molecule has 1 aliphatic heterocycles. The van der Waals surface area contributed by atoms with Gasteiger partial charge in [-0.05, 0) is 55.7 Å². The maximum Gasteiger partial charge on any atom is 0.226 e. The average Bonchev–Trinajstić information content (AvgIpc) is 3.58. The first kappa shape index (κ1) is 20.2. The molecule has 0 unspecified atom stereocenters. The van der Waals surface area contributed by atoms with Gasteiger partial charge >= 0.3 is 0 Å². The zero-order valence-corrected chi connectivity index (χ0v) is 18.0. The number of para-hydroxylation sites is 2. The van der Waals surface area contributed by atoms with E-state index in [4.69, 9.17) is 14.2 Å². The van der Waals surface area contributed by atoms with Crippen molar-refractivity contribution in [1.29, 1.82) is 0 Å². The molecule has 3 heterocycles. The molecule has 1 atom stereocenters. The monoisotopic (exact) mass is 431 g/mol. The van der Waals surface area contributed by atoms with Gasteiger partial charge in [-0.25, -0.2) is 4.98 Å². The molecule has 1 amide bonds. The first-order chi connectivity index (χ1) is 15.7. The minimum atomic E-state index is 0.0139. The lowest BCUT2D eigenvalue weighted by Gasteiger charge is -2.23. The lowest BCUT2D eigenvalue weighted by atomic mass is 10.1. The Morgan fingerprint density at radius 3 is 2.84 bits per heavy atom. The van der Waals surface area contributed by atoms with Crippen molar-refractivity contribution in [2.24, 2.45) is 0 Å². The fourth-order valence-electron chi connectivity index (χ4n) is 4.23. The van der Waals surface area contributed by atoms with Crippen LogP contribution in [0.3, 0.4) is 0 Å². The molecule has 1 fully saturated rings. The van der Waals surface area contributed by atoms with Crippen LogP contribution in [0, 0.1) is 0 Å². The first-order valence-corrected chi connectivity index (χ1v) is 10.9. The predicted octanol–water partition coefficient (Wildman–Crippen LogP) is 4.31. The Morgan fingerprint density at radius 1 is 1.19 bits per heavy atom. The van der Waals surface area contributed by atoms with Crippen LogP contribution in [0.15, 0.2) is 53.1 Å². The van der Waals surface area contributed by atoms with Crippen LogP contribution < -0.4 is 4.74 Å². The molecule has 0 saturated carbocycles. The molecule has 4 aromatic rings. The van der Waals surface area contributed by atoms with E-state index in [1.165, 1.54) is 0 Å². The molecular formula is C24H25N5O3. The quantitative estimate of drug-likeness (QED) is 0.468. The van der Waals surface area contributed by atoms with Gasteiger partial charge in [-0.3, -0.25) is 4.79 Å². The molecule has 2 aromatic carbocycles. The number of hydrogen-bond acceptors (Lipinski definition) is 6. The summed E-state index contributed by atoms with van der Waals surface area (Å²) >= 11 is 0. The standard InChI is InChI=1S/C24H25N5O3/c1-31-17-13-11-16(12-14-17)23-27-21(32-28-23)9-4-10-22(30)29-15-5-8-20(29)24-25-18-6-2-3-7-19(18)26-24/h2-3,6-7,11-14,20H,4-5,8-10,15H2,1H3,(H,25,26)/t20-/m1/s1. The third kappa shape index (κ3) is 4.08. The van der Waals surface area contributed by atoms with E-state index >= 15 is 0 Å². The van der Waals surface area contributed by atoms with Gasteiger partial charge in [0.25, 0.3) is 0 Å². The normalized spacial score (nSPS) is 16.0. The van der Waals surface area contributed by atoms with E-state index in [1.54, 1.807) is 7.11 Å². The van der Waals surface area contributed by atoms with E-state index in [2.05, 4.69) is 15.1 Å². The number of aromatic nitrogens is 4. The van der Waals surface area contributed by atoms with Crippen molar-refractivity contribution in [2.75, 3.05) is 13.7 Å². The summed E-state index contributed by atoms with van der Waals surface area (Å²) in [6, 6.07) is 15.5. The van der Waals surface area contributed by atoms with Crippen LogP contribution in [0.5, 0.6) is 5.75 Å². The van der Waals surface area contributed by atoms with Crippen LogP contribution in [0.1, 0.15) is 43.4 Å². The highest BCUT2D eigenvalue weighted by molar-refractivity contribution is 5.78. The van der Waals surface area contributed by atoms with Crippen LogP contribution in [0.4, 0.5) is 0 Å². The summed E-state index contributed by atoms with van der Waals surface area (Å²) in [7, 11) is 1.63. The molecule has 0 aliphatic carbocycles. The van der Waals surface area contributed by atoms with Crippen LogP contribution in [-0.4, -0.2) is 44.6 Å². The minimum Gasteiger partial charge on any atom is -0.497 e. The Balaban J connectivity index is 1.18. The fourth-order valence-corrected chi connectivity index (χ4v) is 4.23. The van der Waals surface area contributed by atoms with Gasteiger partial charge in [-0.15, -0.1) is 0 Å². The van der Waals surface area contributed by atoms with Crippen LogP contribution in [-0.2, 0) is 11.2 Å². The summed E-state index contributed by atoms with van der Waals surface area (Å²) in [5, 5.41) is 4.05. The van der Waals surface area contributed by atoms with Gasteiger partial charge in [0.1, 0.15) is 11.6 Å². The SMILES string of the molecule is COc1ccc(-c2noc(CCCC(=O)N3CCC[C@@H]3c3nc4ccccc4[nH]3)n2)cc1. The Hall–Kier alpha value is -3.68. The van der Waals surface area contributed by atoms with Crippen molar-refractivity contribution in [2.45, 2.75) is 38.1 Å². The molecule has 0 spiro atoms. The smallest absolute Gasteiger partial charge is 0.226 e. The highest BCUT2D eigenvalue weighted by Gasteiger charge is 2.31. The molecule has 8 heteroatoms. The van der Waals surface area contributed by atoms with Gasteiger partial charge in [0.2, 0.25) is 17.6 Å². The maximum atomic E-state index is 12.9. The topological polar surface area (TPSA) is 97.1 Å². The number of rotatable bonds is 7. The zero-order valence-electron chi connectivity index (χ0n) is 18.0. The molecule has 1 aliphatic rings. The molecule has 1 N–H and O–H groups in total. The van der Waals surface area contributed by atoms with Gasteiger partial charge in [0.15, 0.2) is 0 Å². The number of benzene rings is 2. The summed E-state index contributed by atoms with van der Waals surface area (Å²) < 4.78 is 10.5. The second kappa shape index (κ2) is 8.82. The van der Waals surface area contributed by atoms with E-state index in [0.717, 1.165) is 47.6 Å². The molecule has 0 bridgehead atoms. The Kier molecular flexibility index (Phi) is 5.58. The number of carbonyl (C=O) groups is 1. The van der Waals surface area contributed by atoms with Crippen LogP contribution >= 0.6 is 0 Å². The molecule has 1 saturated heterocycles. The molecule has 0 radical (unpaired) electrons. The van der Waals surface area contributed by atoms with E-state index in [-0.39, 0.29) is 11.9 Å². The number of hydrogen-bond donors (Lipinski definition) is 1. The number of aromatic amines is 1. The number of nitrogens with one attached hydrogen (secondary N) is 1. The van der Waals surface area contributed by atoms with Gasteiger partial charge in [0.05, 0.1) is 24.2 Å². The number of nitrogens with zero attached hydrogens (tertiary/aromatic N) is 4. The molecule has 5 rings (SSSR count). The Bertz CT molecular complexity index is 1180. The summed E-state index contributed by atoms with van der Waals surface area (Å²) in [5.41, 5.74) is 2.80. The van der Waals surface area contributed by atoms with Crippen molar-refractivity contribution in [3.8, 4) is 17.1 Å². The molecule has 2 aromatic heterocycles. The Labute approximate surface area is 185 Å². The number of amides is 1. The van der Waals surface area contributed by atoms with Crippen molar-refractivity contribution >= 4 is 16.9 Å².